The Morgan fingerprint density at radius 3 is 2.82 bits per heavy atom. The lowest BCUT2D eigenvalue weighted by Gasteiger charge is -2.27. The molecular formula is C12H19N3O2. The molecule has 1 N–H and O–H groups in total. The maximum absolute atomic E-state index is 12.4. The van der Waals surface area contributed by atoms with E-state index in [0.29, 0.717) is 12.3 Å². The van der Waals surface area contributed by atoms with Gasteiger partial charge in [-0.15, -0.1) is 0 Å². The first-order valence-corrected chi connectivity index (χ1v) is 6.16. The summed E-state index contributed by atoms with van der Waals surface area (Å²) in [5.74, 6) is -0.240. The highest BCUT2D eigenvalue weighted by Gasteiger charge is 2.42. The molecule has 2 aliphatic heterocycles. The summed E-state index contributed by atoms with van der Waals surface area (Å²) in [5.41, 5.74) is 2.69. The lowest BCUT2D eigenvalue weighted by Crippen LogP contribution is -2.46. The summed E-state index contributed by atoms with van der Waals surface area (Å²) in [5, 5.41) is 4.04. The molecule has 1 fully saturated rings. The maximum atomic E-state index is 12.4. The third-order valence-corrected chi connectivity index (χ3v) is 3.82. The summed E-state index contributed by atoms with van der Waals surface area (Å²) in [6, 6.07) is -0.323. The van der Waals surface area contributed by atoms with Crippen molar-refractivity contribution < 1.29 is 9.59 Å². The molecular weight excluding hydrogens is 218 g/mol. The average Bonchev–Trinajstić information content (AvgIpc) is 2.73. The predicted octanol–water partition coefficient (Wildman–Crippen LogP) is 0.899. The van der Waals surface area contributed by atoms with Crippen LogP contribution in [0.5, 0.6) is 0 Å². The molecule has 0 aromatic rings. The standard InChI is InChI=1S/C12H19N3O2/c1-4-12(2,3)9-11(17)15-7-5-6-8(15)10(16)14-13-9/h8H,4-7H2,1-3H3,(H,14,16). The van der Waals surface area contributed by atoms with Gasteiger partial charge in [-0.05, 0) is 19.3 Å². The minimum Gasteiger partial charge on any atom is -0.325 e. The number of nitrogens with zero attached hydrogens (tertiary/aromatic N) is 2. The quantitative estimate of drug-likeness (QED) is 0.775. The monoisotopic (exact) mass is 237 g/mol. The van der Waals surface area contributed by atoms with Crippen LogP contribution in [0.3, 0.4) is 0 Å². The normalized spacial score (nSPS) is 25.2. The van der Waals surface area contributed by atoms with Crippen molar-refractivity contribution in [3.05, 3.63) is 0 Å². The SMILES string of the molecule is CCC(C)(C)C1=NNC(=O)C2CCCN2C1=O. The number of amides is 2. The van der Waals surface area contributed by atoms with E-state index in [1.165, 1.54) is 0 Å². The van der Waals surface area contributed by atoms with Gasteiger partial charge in [0.25, 0.3) is 11.8 Å². The van der Waals surface area contributed by atoms with Crippen LogP contribution in [0.4, 0.5) is 0 Å². The van der Waals surface area contributed by atoms with Crippen molar-refractivity contribution >= 4 is 17.5 Å². The summed E-state index contributed by atoms with van der Waals surface area (Å²) in [7, 11) is 0. The molecule has 2 heterocycles. The number of carbonyl (C=O) groups excluding carboxylic acids is 2. The van der Waals surface area contributed by atoms with Crippen molar-refractivity contribution in [3.8, 4) is 0 Å². The average molecular weight is 237 g/mol. The van der Waals surface area contributed by atoms with Crippen LogP contribution in [-0.2, 0) is 9.59 Å². The van der Waals surface area contributed by atoms with Gasteiger partial charge in [0.05, 0.1) is 0 Å². The van der Waals surface area contributed by atoms with Gasteiger partial charge < -0.3 is 4.90 Å². The first kappa shape index (κ1) is 12.1. The molecule has 0 bridgehead atoms. The number of hydrogen-bond donors (Lipinski definition) is 1. The minimum atomic E-state index is -0.323. The van der Waals surface area contributed by atoms with Gasteiger partial charge in [0.1, 0.15) is 11.8 Å². The van der Waals surface area contributed by atoms with Crippen LogP contribution < -0.4 is 5.43 Å². The van der Waals surface area contributed by atoms with Crippen molar-refractivity contribution in [1.29, 1.82) is 0 Å². The molecule has 0 aromatic carbocycles. The fraction of sp³-hybridized carbons (Fsp3) is 0.750. The number of nitrogens with one attached hydrogen (secondary N) is 1. The van der Waals surface area contributed by atoms with Crippen molar-refractivity contribution in [2.75, 3.05) is 6.54 Å². The van der Waals surface area contributed by atoms with Crippen molar-refractivity contribution in [2.24, 2.45) is 10.5 Å². The molecule has 2 amide bonds. The number of carbonyl (C=O) groups is 2. The summed E-state index contributed by atoms with van der Waals surface area (Å²) >= 11 is 0. The fourth-order valence-electron chi connectivity index (χ4n) is 2.26. The van der Waals surface area contributed by atoms with Crippen LogP contribution >= 0.6 is 0 Å². The van der Waals surface area contributed by atoms with E-state index in [2.05, 4.69) is 10.5 Å². The Balaban J connectivity index is 2.35. The summed E-state index contributed by atoms with van der Waals surface area (Å²) in [6.45, 7) is 6.64. The van der Waals surface area contributed by atoms with E-state index in [-0.39, 0.29) is 23.3 Å². The molecule has 0 spiro atoms. The minimum absolute atomic E-state index is 0.0855. The molecule has 1 atom stereocenters. The first-order chi connectivity index (χ1) is 7.97. The summed E-state index contributed by atoms with van der Waals surface area (Å²) in [6.07, 6.45) is 2.45. The van der Waals surface area contributed by atoms with E-state index in [1.54, 1.807) is 4.90 Å². The van der Waals surface area contributed by atoms with E-state index in [9.17, 15) is 9.59 Å². The molecule has 1 saturated heterocycles. The zero-order valence-corrected chi connectivity index (χ0v) is 10.6. The number of hydrazone groups is 1. The second kappa shape index (κ2) is 4.13. The summed E-state index contributed by atoms with van der Waals surface area (Å²) < 4.78 is 0. The summed E-state index contributed by atoms with van der Waals surface area (Å²) in [4.78, 5) is 25.8. The molecule has 5 heteroatoms. The molecule has 0 aliphatic carbocycles. The van der Waals surface area contributed by atoms with Crippen LogP contribution in [0.15, 0.2) is 5.10 Å². The molecule has 94 valence electrons. The van der Waals surface area contributed by atoms with Crippen LogP contribution in [0.2, 0.25) is 0 Å². The van der Waals surface area contributed by atoms with Crippen molar-refractivity contribution in [2.45, 2.75) is 46.1 Å². The zero-order chi connectivity index (χ0) is 12.6. The van der Waals surface area contributed by atoms with Gasteiger partial charge >= 0.3 is 0 Å². The largest absolute Gasteiger partial charge is 0.325 e. The molecule has 0 radical (unpaired) electrons. The van der Waals surface area contributed by atoms with Crippen LogP contribution in [0.1, 0.15) is 40.0 Å². The lowest BCUT2D eigenvalue weighted by atomic mass is 9.84. The Morgan fingerprint density at radius 2 is 2.18 bits per heavy atom. The Bertz CT molecular complexity index is 387. The second-order valence-electron chi connectivity index (χ2n) is 5.33. The van der Waals surface area contributed by atoms with E-state index in [1.807, 2.05) is 20.8 Å². The van der Waals surface area contributed by atoms with Gasteiger partial charge in [-0.25, -0.2) is 5.43 Å². The number of hydrogen-bond acceptors (Lipinski definition) is 3. The molecule has 5 nitrogen and oxygen atoms in total. The number of fused-ring (bicyclic) bond motifs is 1. The van der Waals surface area contributed by atoms with Crippen LogP contribution in [-0.4, -0.2) is 35.0 Å². The lowest BCUT2D eigenvalue weighted by molar-refractivity contribution is -0.133. The third kappa shape index (κ3) is 1.94. The Hall–Kier alpha value is -1.39. The fourth-order valence-corrected chi connectivity index (χ4v) is 2.26. The van der Waals surface area contributed by atoms with Gasteiger partial charge in [0, 0.05) is 12.0 Å². The van der Waals surface area contributed by atoms with Crippen molar-refractivity contribution in [3.63, 3.8) is 0 Å². The maximum Gasteiger partial charge on any atom is 0.271 e. The molecule has 1 unspecified atom stereocenters. The Labute approximate surface area is 101 Å². The highest BCUT2D eigenvalue weighted by molar-refractivity contribution is 6.41. The van der Waals surface area contributed by atoms with E-state index >= 15 is 0 Å². The second-order valence-corrected chi connectivity index (χ2v) is 5.33. The van der Waals surface area contributed by atoms with E-state index in [4.69, 9.17) is 0 Å². The van der Waals surface area contributed by atoms with E-state index in [0.717, 1.165) is 19.3 Å². The highest BCUT2D eigenvalue weighted by atomic mass is 16.2. The Morgan fingerprint density at radius 1 is 1.47 bits per heavy atom. The van der Waals surface area contributed by atoms with Crippen LogP contribution in [0, 0.1) is 5.41 Å². The third-order valence-electron chi connectivity index (χ3n) is 3.82. The molecule has 0 saturated carbocycles. The van der Waals surface area contributed by atoms with Gasteiger partial charge in [-0.3, -0.25) is 9.59 Å². The number of rotatable bonds is 2. The smallest absolute Gasteiger partial charge is 0.271 e. The van der Waals surface area contributed by atoms with Gasteiger partial charge in [-0.2, -0.15) is 5.10 Å². The van der Waals surface area contributed by atoms with Crippen molar-refractivity contribution in [1.82, 2.24) is 10.3 Å². The highest BCUT2D eigenvalue weighted by Crippen LogP contribution is 2.27. The van der Waals surface area contributed by atoms with Crippen LogP contribution in [0.25, 0.3) is 0 Å². The first-order valence-electron chi connectivity index (χ1n) is 6.16. The molecule has 2 rings (SSSR count). The van der Waals surface area contributed by atoms with Gasteiger partial charge in [0.2, 0.25) is 0 Å². The molecule has 0 aromatic heterocycles. The molecule has 2 aliphatic rings. The topological polar surface area (TPSA) is 61.8 Å². The van der Waals surface area contributed by atoms with Gasteiger partial charge in [0.15, 0.2) is 0 Å². The van der Waals surface area contributed by atoms with Gasteiger partial charge in [-0.1, -0.05) is 20.8 Å². The Kier molecular flexibility index (Phi) is 2.93. The zero-order valence-electron chi connectivity index (χ0n) is 10.6. The predicted molar refractivity (Wildman–Crippen MR) is 64.4 cm³/mol. The molecule has 17 heavy (non-hydrogen) atoms. The van der Waals surface area contributed by atoms with E-state index < -0.39 is 0 Å².